The third kappa shape index (κ3) is 4.92. The minimum atomic E-state index is -0.146. The molecule has 0 fully saturated rings. The van der Waals surface area contributed by atoms with Gasteiger partial charge in [0.15, 0.2) is 6.54 Å². The summed E-state index contributed by atoms with van der Waals surface area (Å²) in [5.74, 6) is -0.201. The van der Waals surface area contributed by atoms with Gasteiger partial charge in [-0.2, -0.15) is 0 Å². The van der Waals surface area contributed by atoms with Crippen molar-refractivity contribution in [1.82, 2.24) is 5.32 Å². The van der Waals surface area contributed by atoms with E-state index in [0.29, 0.717) is 17.8 Å². The third-order valence-corrected chi connectivity index (χ3v) is 4.44. The number of rotatable bonds is 6. The molecule has 0 aliphatic heterocycles. The van der Waals surface area contributed by atoms with E-state index in [1.165, 1.54) is 16.3 Å². The van der Waals surface area contributed by atoms with Crippen LogP contribution in [0.3, 0.4) is 0 Å². The fourth-order valence-corrected chi connectivity index (χ4v) is 3.09. The lowest BCUT2D eigenvalue weighted by Gasteiger charge is -2.14. The van der Waals surface area contributed by atoms with E-state index in [1.807, 2.05) is 19.2 Å². The standard InChI is InChI=1S/C22H23N3O2/c1-23-22(27)18-9-11-20(12-10-18)24-21(26)15-25(2)14-16-7-8-17-5-3-4-6-19(17)13-16/h3-13H,14-15H2,1-2H3,(H,23,27)(H,24,26)/p+1. The molecule has 0 bridgehead atoms. The Morgan fingerprint density at radius 2 is 1.63 bits per heavy atom. The SMILES string of the molecule is CNC(=O)c1ccc(NC(=O)C[NH+](C)Cc2ccc3ccccc3c2)cc1. The minimum absolute atomic E-state index is 0.0546. The molecule has 0 heterocycles. The molecule has 138 valence electrons. The van der Waals surface area contributed by atoms with Gasteiger partial charge in [-0.25, -0.2) is 0 Å². The molecule has 1 unspecified atom stereocenters. The van der Waals surface area contributed by atoms with Crippen molar-refractivity contribution < 1.29 is 14.5 Å². The molecule has 0 saturated carbocycles. The molecule has 0 radical (unpaired) electrons. The Kier molecular flexibility index (Phi) is 5.84. The van der Waals surface area contributed by atoms with Gasteiger partial charge in [0.25, 0.3) is 11.8 Å². The van der Waals surface area contributed by atoms with Crippen LogP contribution in [0.25, 0.3) is 10.8 Å². The molecule has 2 amide bonds. The lowest BCUT2D eigenvalue weighted by Crippen LogP contribution is -3.08. The van der Waals surface area contributed by atoms with Crippen LogP contribution in [0, 0.1) is 0 Å². The summed E-state index contributed by atoms with van der Waals surface area (Å²) in [6.45, 7) is 1.14. The van der Waals surface area contributed by atoms with Gasteiger partial charge in [0.05, 0.1) is 7.05 Å². The fraction of sp³-hybridized carbons (Fsp3) is 0.182. The van der Waals surface area contributed by atoms with Crippen molar-refractivity contribution in [3.63, 3.8) is 0 Å². The summed E-state index contributed by atoms with van der Waals surface area (Å²) < 4.78 is 0. The number of quaternary nitrogens is 1. The highest BCUT2D eigenvalue weighted by Gasteiger charge is 2.12. The zero-order valence-corrected chi connectivity index (χ0v) is 15.6. The molecular weight excluding hydrogens is 338 g/mol. The van der Waals surface area contributed by atoms with Gasteiger partial charge >= 0.3 is 0 Å². The molecule has 3 aromatic carbocycles. The van der Waals surface area contributed by atoms with Gasteiger partial charge in [-0.1, -0.05) is 36.4 Å². The predicted molar refractivity (Wildman–Crippen MR) is 108 cm³/mol. The Morgan fingerprint density at radius 3 is 2.33 bits per heavy atom. The molecule has 5 nitrogen and oxygen atoms in total. The highest BCUT2D eigenvalue weighted by Crippen LogP contribution is 2.15. The number of carbonyl (C=O) groups is 2. The average molecular weight is 362 g/mol. The van der Waals surface area contributed by atoms with Crippen molar-refractivity contribution in [2.45, 2.75) is 6.54 Å². The Bertz CT molecular complexity index is 951. The summed E-state index contributed by atoms with van der Waals surface area (Å²) in [4.78, 5) is 24.9. The molecule has 0 aliphatic carbocycles. The van der Waals surface area contributed by atoms with E-state index in [4.69, 9.17) is 0 Å². The first-order valence-corrected chi connectivity index (χ1v) is 8.96. The van der Waals surface area contributed by atoms with Crippen LogP contribution >= 0.6 is 0 Å². The van der Waals surface area contributed by atoms with Crippen LogP contribution in [0.15, 0.2) is 66.7 Å². The van der Waals surface area contributed by atoms with Crippen molar-refractivity contribution in [3.05, 3.63) is 77.9 Å². The van der Waals surface area contributed by atoms with Gasteiger partial charge in [0.1, 0.15) is 6.54 Å². The molecule has 0 spiro atoms. The average Bonchev–Trinajstić information content (AvgIpc) is 2.67. The zero-order chi connectivity index (χ0) is 19.2. The smallest absolute Gasteiger partial charge is 0.279 e. The molecule has 3 aromatic rings. The summed E-state index contributed by atoms with van der Waals surface area (Å²) in [5, 5.41) is 7.88. The fourth-order valence-electron chi connectivity index (χ4n) is 3.09. The molecular formula is C22H24N3O2+. The van der Waals surface area contributed by atoms with Crippen molar-refractivity contribution in [3.8, 4) is 0 Å². The Hall–Kier alpha value is -3.18. The maximum Gasteiger partial charge on any atom is 0.279 e. The second-order valence-electron chi connectivity index (χ2n) is 6.70. The first-order valence-electron chi connectivity index (χ1n) is 8.96. The van der Waals surface area contributed by atoms with Crippen LogP contribution in [-0.4, -0.2) is 32.5 Å². The summed E-state index contributed by atoms with van der Waals surface area (Å²) in [7, 11) is 3.59. The second-order valence-corrected chi connectivity index (χ2v) is 6.70. The van der Waals surface area contributed by atoms with Gasteiger partial charge < -0.3 is 15.5 Å². The van der Waals surface area contributed by atoms with Crippen LogP contribution in [-0.2, 0) is 11.3 Å². The summed E-state index contributed by atoms with van der Waals surface area (Å²) >= 11 is 0. The van der Waals surface area contributed by atoms with Crippen LogP contribution in [0.5, 0.6) is 0 Å². The number of benzene rings is 3. The van der Waals surface area contributed by atoms with Gasteiger partial charge in [-0.15, -0.1) is 0 Å². The lowest BCUT2D eigenvalue weighted by atomic mass is 10.1. The summed E-state index contributed by atoms with van der Waals surface area (Å²) in [5.41, 5.74) is 2.45. The van der Waals surface area contributed by atoms with Crippen molar-refractivity contribution in [1.29, 1.82) is 0 Å². The van der Waals surface area contributed by atoms with Crippen LogP contribution in [0.2, 0.25) is 0 Å². The number of likely N-dealkylation sites (N-methyl/N-ethyl adjacent to an activating group) is 1. The van der Waals surface area contributed by atoms with Gasteiger partial charge in [0, 0.05) is 23.9 Å². The molecule has 1 atom stereocenters. The molecule has 3 rings (SSSR count). The molecule has 5 heteroatoms. The second kappa shape index (κ2) is 8.47. The Labute approximate surface area is 159 Å². The van der Waals surface area contributed by atoms with E-state index in [0.717, 1.165) is 11.4 Å². The van der Waals surface area contributed by atoms with E-state index < -0.39 is 0 Å². The first kappa shape index (κ1) is 18.6. The van der Waals surface area contributed by atoms with E-state index >= 15 is 0 Å². The van der Waals surface area contributed by atoms with Crippen LogP contribution in [0.1, 0.15) is 15.9 Å². The quantitative estimate of drug-likeness (QED) is 0.627. The normalized spacial score (nSPS) is 11.8. The largest absolute Gasteiger partial charge is 0.355 e. The minimum Gasteiger partial charge on any atom is -0.355 e. The van der Waals surface area contributed by atoms with Crippen LogP contribution < -0.4 is 15.5 Å². The molecule has 0 aliphatic rings. The number of anilines is 1. The maximum atomic E-state index is 12.3. The monoisotopic (exact) mass is 362 g/mol. The first-order chi connectivity index (χ1) is 13.0. The van der Waals surface area contributed by atoms with E-state index in [-0.39, 0.29) is 11.8 Å². The number of amides is 2. The summed E-state index contributed by atoms with van der Waals surface area (Å²) in [6, 6.07) is 21.5. The number of hydrogen-bond acceptors (Lipinski definition) is 2. The van der Waals surface area contributed by atoms with Crippen molar-refractivity contribution in [2.24, 2.45) is 0 Å². The predicted octanol–water partition coefficient (Wildman–Crippen LogP) is 1.85. The molecule has 3 N–H and O–H groups in total. The van der Waals surface area contributed by atoms with E-state index in [1.54, 1.807) is 31.3 Å². The number of hydrogen-bond donors (Lipinski definition) is 3. The zero-order valence-electron chi connectivity index (χ0n) is 15.6. The lowest BCUT2D eigenvalue weighted by molar-refractivity contribution is -0.885. The topological polar surface area (TPSA) is 62.6 Å². The number of fused-ring (bicyclic) bond motifs is 1. The van der Waals surface area contributed by atoms with E-state index in [2.05, 4.69) is 41.0 Å². The highest BCUT2D eigenvalue weighted by atomic mass is 16.2. The Morgan fingerprint density at radius 1 is 0.926 bits per heavy atom. The maximum absolute atomic E-state index is 12.3. The van der Waals surface area contributed by atoms with E-state index in [9.17, 15) is 9.59 Å². The molecule has 27 heavy (non-hydrogen) atoms. The highest BCUT2D eigenvalue weighted by molar-refractivity contribution is 5.95. The molecule has 0 saturated heterocycles. The van der Waals surface area contributed by atoms with Gasteiger partial charge in [-0.05, 0) is 41.1 Å². The summed E-state index contributed by atoms with van der Waals surface area (Å²) in [6.07, 6.45) is 0. The van der Waals surface area contributed by atoms with Crippen molar-refractivity contribution in [2.75, 3.05) is 26.0 Å². The van der Waals surface area contributed by atoms with Crippen molar-refractivity contribution >= 4 is 28.3 Å². The molecule has 0 aromatic heterocycles. The van der Waals surface area contributed by atoms with Crippen LogP contribution in [0.4, 0.5) is 5.69 Å². The van der Waals surface area contributed by atoms with Gasteiger partial charge in [0.2, 0.25) is 0 Å². The number of nitrogens with one attached hydrogen (secondary N) is 3. The number of carbonyl (C=O) groups excluding carboxylic acids is 2. The van der Waals surface area contributed by atoms with Gasteiger partial charge in [-0.3, -0.25) is 9.59 Å². The third-order valence-electron chi connectivity index (χ3n) is 4.44. The Balaban J connectivity index is 1.55.